The van der Waals surface area contributed by atoms with E-state index in [1.807, 2.05) is 17.8 Å². The molecular formula is C9H17N3O. The van der Waals surface area contributed by atoms with Crippen molar-refractivity contribution in [3.8, 4) is 0 Å². The van der Waals surface area contributed by atoms with E-state index in [-0.39, 0.29) is 6.61 Å². The van der Waals surface area contributed by atoms with Crippen molar-refractivity contribution in [1.29, 1.82) is 0 Å². The largest absolute Gasteiger partial charge is 0.394 e. The van der Waals surface area contributed by atoms with Gasteiger partial charge in [0.15, 0.2) is 0 Å². The molecule has 0 saturated carbocycles. The van der Waals surface area contributed by atoms with Gasteiger partial charge in [0.05, 0.1) is 13.2 Å². The Labute approximate surface area is 78.6 Å². The van der Waals surface area contributed by atoms with Gasteiger partial charge in [-0.3, -0.25) is 4.68 Å². The van der Waals surface area contributed by atoms with Gasteiger partial charge in [-0.15, -0.1) is 0 Å². The summed E-state index contributed by atoms with van der Waals surface area (Å²) in [7, 11) is 1.93. The van der Waals surface area contributed by atoms with Crippen molar-refractivity contribution in [2.75, 3.05) is 20.2 Å². The van der Waals surface area contributed by atoms with E-state index in [0.717, 1.165) is 6.54 Å². The predicted octanol–water partition coefficient (Wildman–Crippen LogP) is 0.198. The van der Waals surface area contributed by atoms with Crippen LogP contribution < -0.4 is 5.32 Å². The molecule has 0 aliphatic carbocycles. The molecule has 4 nitrogen and oxygen atoms in total. The number of aliphatic hydroxyl groups excluding tert-OH is 1. The van der Waals surface area contributed by atoms with Gasteiger partial charge in [-0.1, -0.05) is 6.92 Å². The number of hydrogen-bond acceptors (Lipinski definition) is 3. The molecule has 2 N–H and O–H groups in total. The summed E-state index contributed by atoms with van der Waals surface area (Å²) in [6, 6.07) is 2.00. The summed E-state index contributed by atoms with van der Waals surface area (Å²) in [5.41, 5.74) is 1.17. The minimum atomic E-state index is 0.140. The number of rotatable bonds is 5. The average molecular weight is 183 g/mol. The Balaban J connectivity index is 2.68. The van der Waals surface area contributed by atoms with E-state index in [2.05, 4.69) is 17.3 Å². The second kappa shape index (κ2) is 4.99. The first-order valence-corrected chi connectivity index (χ1v) is 4.56. The Kier molecular flexibility index (Phi) is 3.92. The topological polar surface area (TPSA) is 50.1 Å². The maximum Gasteiger partial charge on any atom is 0.0644 e. The summed E-state index contributed by atoms with van der Waals surface area (Å²) in [6.45, 7) is 3.79. The lowest BCUT2D eigenvalue weighted by Crippen LogP contribution is -2.18. The van der Waals surface area contributed by atoms with Crippen LogP contribution in [0.1, 0.15) is 18.5 Å². The van der Waals surface area contributed by atoms with E-state index in [4.69, 9.17) is 5.11 Å². The van der Waals surface area contributed by atoms with Crippen molar-refractivity contribution in [2.24, 2.45) is 0 Å². The SMILES string of the molecule is CNCC(C)c1ccnn1CCO. The summed E-state index contributed by atoms with van der Waals surface area (Å²) in [4.78, 5) is 0. The third-order valence-corrected chi connectivity index (χ3v) is 2.08. The molecule has 1 unspecified atom stereocenters. The lowest BCUT2D eigenvalue weighted by atomic mass is 10.1. The van der Waals surface area contributed by atoms with Gasteiger partial charge < -0.3 is 10.4 Å². The van der Waals surface area contributed by atoms with Crippen LogP contribution in [0.25, 0.3) is 0 Å². The fraction of sp³-hybridized carbons (Fsp3) is 0.667. The van der Waals surface area contributed by atoms with E-state index >= 15 is 0 Å². The van der Waals surface area contributed by atoms with E-state index < -0.39 is 0 Å². The standard InChI is InChI=1S/C9H17N3O/c1-8(7-10-2)9-3-4-11-12(9)5-6-13/h3-4,8,10,13H,5-7H2,1-2H3. The highest BCUT2D eigenvalue weighted by atomic mass is 16.3. The molecule has 0 bridgehead atoms. The van der Waals surface area contributed by atoms with Crippen molar-refractivity contribution in [3.05, 3.63) is 18.0 Å². The molecule has 1 aromatic heterocycles. The third kappa shape index (κ3) is 2.54. The van der Waals surface area contributed by atoms with E-state index in [1.165, 1.54) is 5.69 Å². The third-order valence-electron chi connectivity index (χ3n) is 2.08. The highest BCUT2D eigenvalue weighted by molar-refractivity contribution is 5.07. The van der Waals surface area contributed by atoms with Crippen LogP contribution >= 0.6 is 0 Å². The Morgan fingerprint density at radius 2 is 2.46 bits per heavy atom. The van der Waals surface area contributed by atoms with Gasteiger partial charge in [0, 0.05) is 24.4 Å². The highest BCUT2D eigenvalue weighted by Gasteiger charge is 2.09. The zero-order valence-electron chi connectivity index (χ0n) is 8.20. The molecule has 13 heavy (non-hydrogen) atoms. The lowest BCUT2D eigenvalue weighted by Gasteiger charge is -2.12. The minimum Gasteiger partial charge on any atom is -0.394 e. The summed E-state index contributed by atoms with van der Waals surface area (Å²) < 4.78 is 1.85. The quantitative estimate of drug-likeness (QED) is 0.685. The van der Waals surface area contributed by atoms with E-state index in [9.17, 15) is 0 Å². The zero-order chi connectivity index (χ0) is 9.68. The van der Waals surface area contributed by atoms with Crippen LogP contribution in [0, 0.1) is 0 Å². The minimum absolute atomic E-state index is 0.140. The van der Waals surface area contributed by atoms with Crippen molar-refractivity contribution in [3.63, 3.8) is 0 Å². The van der Waals surface area contributed by atoms with Crippen LogP contribution in [-0.4, -0.2) is 35.1 Å². The van der Waals surface area contributed by atoms with Gasteiger partial charge >= 0.3 is 0 Å². The zero-order valence-corrected chi connectivity index (χ0v) is 8.20. The molecule has 4 heteroatoms. The molecule has 0 saturated heterocycles. The maximum absolute atomic E-state index is 8.80. The molecule has 0 aromatic carbocycles. The Morgan fingerprint density at radius 1 is 1.69 bits per heavy atom. The van der Waals surface area contributed by atoms with E-state index in [0.29, 0.717) is 12.5 Å². The molecule has 0 spiro atoms. The van der Waals surface area contributed by atoms with Gasteiger partial charge in [-0.25, -0.2) is 0 Å². The van der Waals surface area contributed by atoms with Crippen molar-refractivity contribution in [1.82, 2.24) is 15.1 Å². The molecule has 0 amide bonds. The Hall–Kier alpha value is -0.870. The summed E-state index contributed by atoms with van der Waals surface area (Å²) in [6.07, 6.45) is 1.77. The number of aromatic nitrogens is 2. The summed E-state index contributed by atoms with van der Waals surface area (Å²) in [5, 5.41) is 16.1. The fourth-order valence-corrected chi connectivity index (χ4v) is 1.45. The molecule has 1 atom stereocenters. The van der Waals surface area contributed by atoms with Crippen LogP contribution in [0.4, 0.5) is 0 Å². The van der Waals surface area contributed by atoms with Crippen molar-refractivity contribution < 1.29 is 5.11 Å². The van der Waals surface area contributed by atoms with Crippen LogP contribution in [0.15, 0.2) is 12.3 Å². The molecule has 74 valence electrons. The summed E-state index contributed by atoms with van der Waals surface area (Å²) >= 11 is 0. The highest BCUT2D eigenvalue weighted by Crippen LogP contribution is 2.12. The molecule has 0 aliphatic rings. The van der Waals surface area contributed by atoms with Crippen molar-refractivity contribution in [2.45, 2.75) is 19.4 Å². The van der Waals surface area contributed by atoms with Gasteiger partial charge in [0.25, 0.3) is 0 Å². The molecule has 1 heterocycles. The van der Waals surface area contributed by atoms with Gasteiger partial charge in [-0.2, -0.15) is 5.10 Å². The first-order valence-electron chi connectivity index (χ1n) is 4.56. The normalized spacial score (nSPS) is 13.2. The van der Waals surface area contributed by atoms with Crippen LogP contribution in [0.3, 0.4) is 0 Å². The van der Waals surface area contributed by atoms with Crippen LogP contribution in [-0.2, 0) is 6.54 Å². The van der Waals surface area contributed by atoms with Crippen LogP contribution in [0.5, 0.6) is 0 Å². The number of nitrogens with zero attached hydrogens (tertiary/aromatic N) is 2. The molecule has 0 fully saturated rings. The second-order valence-corrected chi connectivity index (χ2v) is 3.16. The molecular weight excluding hydrogens is 166 g/mol. The van der Waals surface area contributed by atoms with Crippen LogP contribution in [0.2, 0.25) is 0 Å². The second-order valence-electron chi connectivity index (χ2n) is 3.16. The van der Waals surface area contributed by atoms with Gasteiger partial charge in [0.1, 0.15) is 0 Å². The fourth-order valence-electron chi connectivity index (χ4n) is 1.45. The number of nitrogens with one attached hydrogen (secondary N) is 1. The smallest absolute Gasteiger partial charge is 0.0644 e. The predicted molar refractivity (Wildman–Crippen MR) is 51.7 cm³/mol. The first kappa shape index (κ1) is 10.2. The van der Waals surface area contributed by atoms with E-state index in [1.54, 1.807) is 6.20 Å². The Bertz CT molecular complexity index is 247. The number of likely N-dealkylation sites (N-methyl/N-ethyl adjacent to an activating group) is 1. The molecule has 0 radical (unpaired) electrons. The molecule has 0 aliphatic heterocycles. The first-order chi connectivity index (χ1) is 6.29. The lowest BCUT2D eigenvalue weighted by molar-refractivity contribution is 0.266. The summed E-state index contributed by atoms with van der Waals surface area (Å²) in [5.74, 6) is 0.430. The maximum atomic E-state index is 8.80. The average Bonchev–Trinajstić information content (AvgIpc) is 2.54. The van der Waals surface area contributed by atoms with Gasteiger partial charge in [-0.05, 0) is 13.1 Å². The number of hydrogen-bond donors (Lipinski definition) is 2. The Morgan fingerprint density at radius 3 is 3.08 bits per heavy atom. The molecule has 1 aromatic rings. The monoisotopic (exact) mass is 183 g/mol. The van der Waals surface area contributed by atoms with Crippen molar-refractivity contribution >= 4 is 0 Å². The molecule has 1 rings (SSSR count). The van der Waals surface area contributed by atoms with Gasteiger partial charge in [0.2, 0.25) is 0 Å². The number of aliphatic hydroxyl groups is 1.